The molecule has 1 aliphatic rings. The van der Waals surface area contributed by atoms with E-state index in [1.165, 1.54) is 6.07 Å². The molecule has 1 unspecified atom stereocenters. The average molecular weight is 254 g/mol. The van der Waals surface area contributed by atoms with Crippen molar-refractivity contribution < 1.29 is 9.59 Å². The highest BCUT2D eigenvalue weighted by atomic mass is 35.5. The first-order valence-electron chi connectivity index (χ1n) is 5.26. The highest BCUT2D eigenvalue weighted by Crippen LogP contribution is 2.11. The van der Waals surface area contributed by atoms with Crippen molar-refractivity contribution in [3.05, 3.63) is 28.5 Å². The number of aromatic nitrogens is 1. The molecule has 0 spiro atoms. The lowest BCUT2D eigenvalue weighted by Gasteiger charge is -2.10. The second-order valence-electron chi connectivity index (χ2n) is 4.00. The van der Waals surface area contributed by atoms with Crippen LogP contribution in [0.2, 0.25) is 5.15 Å². The summed E-state index contributed by atoms with van der Waals surface area (Å²) < 4.78 is 0. The van der Waals surface area contributed by atoms with Crippen molar-refractivity contribution in [3.8, 4) is 0 Å². The maximum absolute atomic E-state index is 11.9. The van der Waals surface area contributed by atoms with E-state index >= 15 is 0 Å². The fourth-order valence-corrected chi connectivity index (χ4v) is 1.99. The fourth-order valence-electron chi connectivity index (χ4n) is 1.74. The van der Waals surface area contributed by atoms with E-state index < -0.39 is 0 Å². The largest absolute Gasteiger partial charge is 0.354 e. The minimum absolute atomic E-state index is 0.0424. The number of hydrogen-bond donors (Lipinski definition) is 2. The van der Waals surface area contributed by atoms with Crippen LogP contribution in [0.5, 0.6) is 0 Å². The van der Waals surface area contributed by atoms with Gasteiger partial charge in [0.2, 0.25) is 5.91 Å². The molecule has 1 atom stereocenters. The lowest BCUT2D eigenvalue weighted by Crippen LogP contribution is -2.36. The summed E-state index contributed by atoms with van der Waals surface area (Å²) >= 11 is 5.78. The third-order valence-electron chi connectivity index (χ3n) is 2.50. The highest BCUT2D eigenvalue weighted by molar-refractivity contribution is 6.29. The van der Waals surface area contributed by atoms with Gasteiger partial charge in [0.05, 0.1) is 6.04 Å². The molecular weight excluding hydrogens is 242 g/mol. The van der Waals surface area contributed by atoms with Gasteiger partial charge in [-0.25, -0.2) is 4.98 Å². The molecule has 1 aromatic heterocycles. The highest BCUT2D eigenvalue weighted by Gasteiger charge is 2.23. The number of nitrogens with zero attached hydrogens (tertiary/aromatic N) is 1. The van der Waals surface area contributed by atoms with Crippen LogP contribution < -0.4 is 10.6 Å². The van der Waals surface area contributed by atoms with E-state index in [0.717, 1.165) is 0 Å². The topological polar surface area (TPSA) is 71.1 Å². The standard InChI is InChI=1S/C11H12ClN3O2/c1-6-2-7(3-9(12)14-6)11(17)15-8-4-10(16)13-5-8/h2-3,8H,4-5H2,1H3,(H,13,16)(H,15,17). The Balaban J connectivity index is 2.06. The van der Waals surface area contributed by atoms with Crippen molar-refractivity contribution in [2.75, 3.05) is 6.54 Å². The number of rotatable bonds is 2. The van der Waals surface area contributed by atoms with Crippen molar-refractivity contribution in [1.82, 2.24) is 15.6 Å². The average Bonchev–Trinajstić information content (AvgIpc) is 2.62. The number of carbonyl (C=O) groups excluding carboxylic acids is 2. The SMILES string of the molecule is Cc1cc(C(=O)NC2CNC(=O)C2)cc(Cl)n1. The summed E-state index contributed by atoms with van der Waals surface area (Å²) in [5.74, 6) is -0.279. The molecule has 0 bridgehead atoms. The van der Waals surface area contributed by atoms with Crippen LogP contribution >= 0.6 is 11.6 Å². The van der Waals surface area contributed by atoms with Crippen LogP contribution in [0, 0.1) is 6.92 Å². The van der Waals surface area contributed by atoms with Crippen molar-refractivity contribution >= 4 is 23.4 Å². The van der Waals surface area contributed by atoms with Crippen LogP contribution in [0.1, 0.15) is 22.5 Å². The minimum atomic E-state index is -0.237. The quantitative estimate of drug-likeness (QED) is 0.761. The van der Waals surface area contributed by atoms with Gasteiger partial charge in [-0.3, -0.25) is 9.59 Å². The molecule has 1 saturated heterocycles. The second-order valence-corrected chi connectivity index (χ2v) is 4.39. The number of halogens is 1. The molecule has 2 N–H and O–H groups in total. The molecule has 90 valence electrons. The number of nitrogens with one attached hydrogen (secondary N) is 2. The van der Waals surface area contributed by atoms with Gasteiger partial charge in [0.1, 0.15) is 5.15 Å². The first kappa shape index (κ1) is 11.9. The predicted octanol–water partition coefficient (Wildman–Crippen LogP) is 0.662. The maximum Gasteiger partial charge on any atom is 0.251 e. The van der Waals surface area contributed by atoms with E-state index in [1.54, 1.807) is 13.0 Å². The summed E-state index contributed by atoms with van der Waals surface area (Å²) in [6.07, 6.45) is 0.323. The minimum Gasteiger partial charge on any atom is -0.354 e. The molecule has 0 radical (unpaired) electrons. The van der Waals surface area contributed by atoms with Crippen LogP contribution in [-0.4, -0.2) is 29.4 Å². The summed E-state index contributed by atoms with van der Waals surface area (Å²) in [4.78, 5) is 26.8. The van der Waals surface area contributed by atoms with Crippen molar-refractivity contribution in [3.63, 3.8) is 0 Å². The van der Waals surface area contributed by atoms with Gasteiger partial charge in [0, 0.05) is 24.2 Å². The van der Waals surface area contributed by atoms with E-state index in [4.69, 9.17) is 11.6 Å². The number of carbonyl (C=O) groups is 2. The maximum atomic E-state index is 11.9. The zero-order chi connectivity index (χ0) is 12.4. The summed E-state index contributed by atoms with van der Waals surface area (Å²) in [6, 6.07) is 3.02. The molecule has 0 aliphatic carbocycles. The van der Waals surface area contributed by atoms with Crippen LogP contribution in [0.3, 0.4) is 0 Å². The van der Waals surface area contributed by atoms with E-state index in [0.29, 0.717) is 24.2 Å². The number of amides is 2. The third-order valence-corrected chi connectivity index (χ3v) is 2.69. The van der Waals surface area contributed by atoms with Gasteiger partial charge in [0.25, 0.3) is 5.91 Å². The van der Waals surface area contributed by atoms with Gasteiger partial charge in [-0.2, -0.15) is 0 Å². The molecule has 6 heteroatoms. The number of aryl methyl sites for hydroxylation is 1. The Labute approximate surface area is 104 Å². The predicted molar refractivity (Wildman–Crippen MR) is 62.9 cm³/mol. The Kier molecular flexibility index (Phi) is 3.28. The van der Waals surface area contributed by atoms with Crippen LogP contribution in [0.15, 0.2) is 12.1 Å². The first-order valence-corrected chi connectivity index (χ1v) is 5.64. The Bertz CT molecular complexity index is 456. The number of hydrogen-bond acceptors (Lipinski definition) is 3. The molecule has 1 fully saturated rings. The van der Waals surface area contributed by atoms with Crippen molar-refractivity contribution in [2.24, 2.45) is 0 Å². The molecule has 0 aromatic carbocycles. The summed E-state index contributed by atoms with van der Waals surface area (Å²) in [7, 11) is 0. The van der Waals surface area contributed by atoms with Crippen LogP contribution in [0.25, 0.3) is 0 Å². The Morgan fingerprint density at radius 2 is 2.35 bits per heavy atom. The van der Waals surface area contributed by atoms with E-state index in [9.17, 15) is 9.59 Å². The Morgan fingerprint density at radius 1 is 1.59 bits per heavy atom. The molecule has 5 nitrogen and oxygen atoms in total. The molecule has 1 aliphatic heterocycles. The van der Waals surface area contributed by atoms with Crippen molar-refractivity contribution in [2.45, 2.75) is 19.4 Å². The molecular formula is C11H12ClN3O2. The third kappa shape index (κ3) is 2.94. The lowest BCUT2D eigenvalue weighted by atomic mass is 10.2. The fraction of sp³-hybridized carbons (Fsp3) is 0.364. The zero-order valence-corrected chi connectivity index (χ0v) is 10.0. The van der Waals surface area contributed by atoms with Gasteiger partial charge in [0.15, 0.2) is 0 Å². The molecule has 2 heterocycles. The second kappa shape index (κ2) is 4.71. The molecule has 2 amide bonds. The van der Waals surface area contributed by atoms with E-state index in [1.807, 2.05) is 0 Å². The van der Waals surface area contributed by atoms with Gasteiger partial charge < -0.3 is 10.6 Å². The zero-order valence-electron chi connectivity index (χ0n) is 9.29. The lowest BCUT2D eigenvalue weighted by molar-refractivity contribution is -0.119. The van der Waals surface area contributed by atoms with Gasteiger partial charge in [-0.05, 0) is 19.1 Å². The molecule has 17 heavy (non-hydrogen) atoms. The van der Waals surface area contributed by atoms with Crippen molar-refractivity contribution in [1.29, 1.82) is 0 Å². The first-order chi connectivity index (χ1) is 8.04. The Hall–Kier alpha value is -1.62. The van der Waals surface area contributed by atoms with Crippen LogP contribution in [0.4, 0.5) is 0 Å². The van der Waals surface area contributed by atoms with E-state index in [-0.39, 0.29) is 23.0 Å². The normalized spacial score (nSPS) is 18.9. The summed E-state index contributed by atoms with van der Waals surface area (Å²) in [5, 5.41) is 5.72. The smallest absolute Gasteiger partial charge is 0.251 e. The molecule has 2 rings (SSSR count). The van der Waals surface area contributed by atoms with Gasteiger partial charge >= 0.3 is 0 Å². The molecule has 1 aromatic rings. The molecule has 0 saturated carbocycles. The van der Waals surface area contributed by atoms with Gasteiger partial charge in [-0.1, -0.05) is 11.6 Å². The van der Waals surface area contributed by atoms with Gasteiger partial charge in [-0.15, -0.1) is 0 Å². The Morgan fingerprint density at radius 3 is 2.94 bits per heavy atom. The van der Waals surface area contributed by atoms with Crippen LogP contribution in [-0.2, 0) is 4.79 Å². The monoisotopic (exact) mass is 253 g/mol. The number of pyridine rings is 1. The van der Waals surface area contributed by atoms with E-state index in [2.05, 4.69) is 15.6 Å². The summed E-state index contributed by atoms with van der Waals surface area (Å²) in [5.41, 5.74) is 1.14. The summed E-state index contributed by atoms with van der Waals surface area (Å²) in [6.45, 7) is 2.24.